The Labute approximate surface area is 127 Å². The zero-order valence-corrected chi connectivity index (χ0v) is 12.6. The highest BCUT2D eigenvalue weighted by Gasteiger charge is 2.15. The Morgan fingerprint density at radius 3 is 2.19 bits per heavy atom. The third-order valence-electron chi connectivity index (χ3n) is 2.93. The molecule has 106 valence electrons. The van der Waals surface area contributed by atoms with Crippen LogP contribution in [0.4, 0.5) is 5.13 Å². The van der Waals surface area contributed by atoms with E-state index in [-0.39, 0.29) is 4.90 Å². The van der Waals surface area contributed by atoms with Gasteiger partial charge in [-0.25, -0.2) is 13.4 Å². The number of aromatic nitrogens is 1. The fourth-order valence-corrected chi connectivity index (χ4v) is 3.69. The van der Waals surface area contributed by atoms with Gasteiger partial charge in [-0.05, 0) is 23.3 Å². The lowest BCUT2D eigenvalue weighted by Crippen LogP contribution is -2.12. The Kier molecular flexibility index (Phi) is 3.72. The topological polar surface area (TPSA) is 59.1 Å². The molecule has 0 bridgehead atoms. The summed E-state index contributed by atoms with van der Waals surface area (Å²) in [6.45, 7) is 0. The van der Waals surface area contributed by atoms with Crippen LogP contribution in [0.1, 0.15) is 0 Å². The van der Waals surface area contributed by atoms with Crippen molar-refractivity contribution >= 4 is 26.5 Å². The van der Waals surface area contributed by atoms with E-state index in [4.69, 9.17) is 0 Å². The predicted molar refractivity (Wildman–Crippen MR) is 84.8 cm³/mol. The SMILES string of the molecule is O=S(=O)(Nc1nccs1)c1ccc(-c2ccccc2)cc1. The Morgan fingerprint density at radius 2 is 1.57 bits per heavy atom. The van der Waals surface area contributed by atoms with E-state index in [1.54, 1.807) is 35.8 Å². The number of anilines is 1. The number of hydrogen-bond donors (Lipinski definition) is 1. The number of hydrogen-bond acceptors (Lipinski definition) is 4. The third kappa shape index (κ3) is 3.12. The van der Waals surface area contributed by atoms with Crippen LogP contribution in [0, 0.1) is 0 Å². The highest BCUT2D eigenvalue weighted by molar-refractivity contribution is 7.93. The molecule has 0 saturated heterocycles. The van der Waals surface area contributed by atoms with Gasteiger partial charge in [0.1, 0.15) is 0 Å². The molecule has 0 aliphatic carbocycles. The minimum Gasteiger partial charge on any atom is -0.255 e. The molecule has 1 heterocycles. The lowest BCUT2D eigenvalue weighted by atomic mass is 10.1. The predicted octanol–water partition coefficient (Wildman–Crippen LogP) is 3.61. The van der Waals surface area contributed by atoms with Crippen LogP contribution in [0.5, 0.6) is 0 Å². The first kappa shape index (κ1) is 13.8. The number of nitrogens with one attached hydrogen (secondary N) is 1. The van der Waals surface area contributed by atoms with E-state index in [2.05, 4.69) is 9.71 Å². The monoisotopic (exact) mass is 316 g/mol. The summed E-state index contributed by atoms with van der Waals surface area (Å²) in [5.74, 6) is 0. The molecular formula is C15H12N2O2S2. The Bertz CT molecular complexity index is 812. The van der Waals surface area contributed by atoms with Gasteiger partial charge in [-0.3, -0.25) is 4.72 Å². The first-order chi connectivity index (χ1) is 10.1. The normalized spacial score (nSPS) is 11.2. The van der Waals surface area contributed by atoms with E-state index < -0.39 is 10.0 Å². The third-order valence-corrected chi connectivity index (χ3v) is 5.10. The van der Waals surface area contributed by atoms with Crippen molar-refractivity contribution in [3.05, 3.63) is 66.2 Å². The van der Waals surface area contributed by atoms with Gasteiger partial charge in [-0.1, -0.05) is 42.5 Å². The van der Waals surface area contributed by atoms with E-state index >= 15 is 0 Å². The van der Waals surface area contributed by atoms with Crippen molar-refractivity contribution < 1.29 is 8.42 Å². The molecule has 21 heavy (non-hydrogen) atoms. The lowest BCUT2D eigenvalue weighted by molar-refractivity contribution is 0.601. The highest BCUT2D eigenvalue weighted by atomic mass is 32.2. The van der Waals surface area contributed by atoms with Crippen LogP contribution in [0.3, 0.4) is 0 Å². The number of nitrogens with zero attached hydrogens (tertiary/aromatic N) is 1. The molecule has 0 spiro atoms. The van der Waals surface area contributed by atoms with Crippen LogP contribution in [0.15, 0.2) is 71.1 Å². The lowest BCUT2D eigenvalue weighted by Gasteiger charge is -2.06. The van der Waals surface area contributed by atoms with E-state index in [0.29, 0.717) is 5.13 Å². The number of thiazole rings is 1. The molecule has 3 aromatic rings. The van der Waals surface area contributed by atoms with Crippen molar-refractivity contribution in [2.24, 2.45) is 0 Å². The second-order valence-electron chi connectivity index (χ2n) is 4.33. The molecule has 6 heteroatoms. The Morgan fingerprint density at radius 1 is 0.905 bits per heavy atom. The molecule has 1 N–H and O–H groups in total. The number of rotatable bonds is 4. The molecule has 0 unspecified atom stereocenters. The van der Waals surface area contributed by atoms with Crippen LogP contribution in [0.25, 0.3) is 11.1 Å². The molecule has 0 radical (unpaired) electrons. The average Bonchev–Trinajstić information content (AvgIpc) is 3.00. The summed E-state index contributed by atoms with van der Waals surface area (Å²) in [5, 5.41) is 2.08. The maximum atomic E-state index is 12.2. The summed E-state index contributed by atoms with van der Waals surface area (Å²) >= 11 is 1.24. The minimum atomic E-state index is -3.58. The maximum Gasteiger partial charge on any atom is 0.263 e. The van der Waals surface area contributed by atoms with Crippen molar-refractivity contribution in [2.75, 3.05) is 4.72 Å². The second kappa shape index (κ2) is 5.67. The van der Waals surface area contributed by atoms with E-state index in [1.807, 2.05) is 30.3 Å². The molecule has 0 fully saturated rings. The second-order valence-corrected chi connectivity index (χ2v) is 6.91. The summed E-state index contributed by atoms with van der Waals surface area (Å²) in [5.41, 5.74) is 2.03. The Hall–Kier alpha value is -2.18. The summed E-state index contributed by atoms with van der Waals surface area (Å²) in [6, 6.07) is 16.6. The van der Waals surface area contributed by atoms with Gasteiger partial charge in [0.25, 0.3) is 10.0 Å². The number of benzene rings is 2. The Balaban J connectivity index is 1.87. The van der Waals surface area contributed by atoms with Crippen molar-refractivity contribution in [3.63, 3.8) is 0 Å². The molecule has 4 nitrogen and oxygen atoms in total. The fraction of sp³-hybridized carbons (Fsp3) is 0. The molecule has 0 aliphatic rings. The number of sulfonamides is 1. The van der Waals surface area contributed by atoms with Gasteiger partial charge < -0.3 is 0 Å². The van der Waals surface area contributed by atoms with E-state index in [1.165, 1.54) is 11.3 Å². The van der Waals surface area contributed by atoms with Gasteiger partial charge in [-0.15, -0.1) is 11.3 Å². The van der Waals surface area contributed by atoms with Crippen molar-refractivity contribution in [1.29, 1.82) is 0 Å². The van der Waals surface area contributed by atoms with E-state index in [0.717, 1.165) is 11.1 Å². The van der Waals surface area contributed by atoms with E-state index in [9.17, 15) is 8.42 Å². The molecule has 2 aromatic carbocycles. The fourth-order valence-electron chi connectivity index (χ4n) is 1.90. The minimum absolute atomic E-state index is 0.220. The molecule has 1 aromatic heterocycles. The first-order valence-corrected chi connectivity index (χ1v) is 8.59. The van der Waals surface area contributed by atoms with Crippen LogP contribution < -0.4 is 4.72 Å². The van der Waals surface area contributed by atoms with Crippen LogP contribution >= 0.6 is 11.3 Å². The largest absolute Gasteiger partial charge is 0.263 e. The summed E-state index contributed by atoms with van der Waals surface area (Å²) in [7, 11) is -3.58. The molecule has 0 saturated carbocycles. The van der Waals surface area contributed by atoms with Gasteiger partial charge in [0.2, 0.25) is 0 Å². The van der Waals surface area contributed by atoms with Gasteiger partial charge in [0, 0.05) is 11.6 Å². The molecule has 3 rings (SSSR count). The van der Waals surface area contributed by atoms with Gasteiger partial charge >= 0.3 is 0 Å². The summed E-state index contributed by atoms with van der Waals surface area (Å²) in [4.78, 5) is 4.14. The maximum absolute atomic E-state index is 12.2. The van der Waals surface area contributed by atoms with Crippen molar-refractivity contribution in [3.8, 4) is 11.1 Å². The van der Waals surface area contributed by atoms with Gasteiger partial charge in [0.15, 0.2) is 5.13 Å². The van der Waals surface area contributed by atoms with Crippen molar-refractivity contribution in [1.82, 2.24) is 4.98 Å². The highest BCUT2D eigenvalue weighted by Crippen LogP contribution is 2.22. The summed E-state index contributed by atoms with van der Waals surface area (Å²) in [6.07, 6.45) is 1.56. The van der Waals surface area contributed by atoms with Crippen molar-refractivity contribution in [2.45, 2.75) is 4.90 Å². The first-order valence-electron chi connectivity index (χ1n) is 6.23. The molecular weight excluding hydrogens is 304 g/mol. The standard InChI is InChI=1S/C15H12N2O2S2/c18-21(19,17-15-16-10-11-20-15)14-8-6-13(7-9-14)12-4-2-1-3-5-12/h1-11H,(H,16,17). The van der Waals surface area contributed by atoms with Crippen LogP contribution in [-0.4, -0.2) is 13.4 Å². The quantitative estimate of drug-likeness (QED) is 0.800. The summed E-state index contributed by atoms with van der Waals surface area (Å²) < 4.78 is 26.9. The van der Waals surface area contributed by atoms with Crippen LogP contribution in [0.2, 0.25) is 0 Å². The van der Waals surface area contributed by atoms with Gasteiger partial charge in [0.05, 0.1) is 4.90 Å². The van der Waals surface area contributed by atoms with Crippen LogP contribution in [-0.2, 0) is 10.0 Å². The molecule has 0 atom stereocenters. The van der Waals surface area contributed by atoms with Gasteiger partial charge in [-0.2, -0.15) is 0 Å². The molecule has 0 aliphatic heterocycles. The zero-order valence-electron chi connectivity index (χ0n) is 10.9. The smallest absolute Gasteiger partial charge is 0.255 e. The molecule has 0 amide bonds. The zero-order chi connectivity index (χ0) is 14.7. The average molecular weight is 316 g/mol.